The molecule has 0 aliphatic carbocycles. The summed E-state index contributed by atoms with van der Waals surface area (Å²) in [5.41, 5.74) is 6.74. The minimum Gasteiger partial charge on any atom is -0.493 e. The zero-order valence-electron chi connectivity index (χ0n) is 16.7. The van der Waals surface area contributed by atoms with Gasteiger partial charge in [0.1, 0.15) is 12.0 Å². The fourth-order valence-electron chi connectivity index (χ4n) is 4.00. The SMILES string of the molecule is COc1ccccc1Oc1ncnc(NC2CC(C)(C)NC(C)(C)C2)c1N. The predicted molar refractivity (Wildman–Crippen MR) is 107 cm³/mol. The van der Waals surface area contributed by atoms with Crippen LogP contribution in [-0.4, -0.2) is 34.2 Å². The Labute approximate surface area is 160 Å². The first kappa shape index (κ1) is 19.2. The van der Waals surface area contributed by atoms with Crippen LogP contribution in [0.1, 0.15) is 40.5 Å². The summed E-state index contributed by atoms with van der Waals surface area (Å²) in [6, 6.07) is 7.62. The molecule has 2 aromatic rings. The Bertz CT molecular complexity index is 791. The summed E-state index contributed by atoms with van der Waals surface area (Å²) >= 11 is 0. The van der Waals surface area contributed by atoms with Crippen molar-refractivity contribution in [1.29, 1.82) is 0 Å². The van der Waals surface area contributed by atoms with Crippen LogP contribution in [0.25, 0.3) is 0 Å². The molecule has 1 saturated heterocycles. The van der Waals surface area contributed by atoms with E-state index in [1.54, 1.807) is 7.11 Å². The molecule has 0 spiro atoms. The van der Waals surface area contributed by atoms with Gasteiger partial charge < -0.3 is 25.8 Å². The van der Waals surface area contributed by atoms with E-state index in [2.05, 4.69) is 48.3 Å². The van der Waals surface area contributed by atoms with Gasteiger partial charge >= 0.3 is 0 Å². The highest BCUT2D eigenvalue weighted by Gasteiger charge is 2.38. The molecule has 1 fully saturated rings. The Morgan fingerprint density at radius 2 is 1.70 bits per heavy atom. The van der Waals surface area contributed by atoms with Crippen molar-refractivity contribution in [3.05, 3.63) is 30.6 Å². The van der Waals surface area contributed by atoms with Crippen LogP contribution in [-0.2, 0) is 0 Å². The van der Waals surface area contributed by atoms with Crippen LogP contribution in [0.4, 0.5) is 11.5 Å². The number of rotatable bonds is 5. The third-order valence-electron chi connectivity index (χ3n) is 4.65. The highest BCUT2D eigenvalue weighted by atomic mass is 16.5. The van der Waals surface area contributed by atoms with E-state index >= 15 is 0 Å². The topological polar surface area (TPSA) is 94.3 Å². The molecule has 1 aliphatic rings. The number of benzene rings is 1. The number of methoxy groups -OCH3 is 1. The van der Waals surface area contributed by atoms with Crippen molar-refractivity contribution in [2.24, 2.45) is 0 Å². The number of anilines is 2. The average molecular weight is 371 g/mol. The predicted octanol–water partition coefficient (Wildman–Crippen LogP) is 3.58. The van der Waals surface area contributed by atoms with E-state index in [0.29, 0.717) is 28.9 Å². The second-order valence-corrected chi connectivity index (χ2v) is 8.34. The first-order chi connectivity index (χ1) is 12.7. The molecule has 1 aliphatic heterocycles. The van der Waals surface area contributed by atoms with Gasteiger partial charge in [0.05, 0.1) is 7.11 Å². The molecule has 0 saturated carbocycles. The number of nitrogen functional groups attached to an aromatic ring is 1. The van der Waals surface area contributed by atoms with E-state index in [4.69, 9.17) is 15.2 Å². The maximum atomic E-state index is 6.31. The lowest BCUT2D eigenvalue weighted by Crippen LogP contribution is -2.60. The molecule has 0 amide bonds. The number of nitrogens with zero attached hydrogens (tertiary/aromatic N) is 2. The lowest BCUT2D eigenvalue weighted by molar-refractivity contribution is 0.170. The van der Waals surface area contributed by atoms with Crippen LogP contribution in [0.5, 0.6) is 17.4 Å². The number of hydrogen-bond acceptors (Lipinski definition) is 7. The van der Waals surface area contributed by atoms with Gasteiger partial charge in [0.2, 0.25) is 5.88 Å². The Kier molecular flexibility index (Phi) is 5.15. The molecule has 4 N–H and O–H groups in total. The second kappa shape index (κ2) is 7.23. The van der Waals surface area contributed by atoms with Crippen LogP contribution < -0.4 is 25.8 Å². The minimum atomic E-state index is 0.0257. The van der Waals surface area contributed by atoms with Crippen molar-refractivity contribution in [3.63, 3.8) is 0 Å². The van der Waals surface area contributed by atoms with Crippen molar-refractivity contribution in [3.8, 4) is 17.4 Å². The molecule has 7 nitrogen and oxygen atoms in total. The Morgan fingerprint density at radius 1 is 1.07 bits per heavy atom. The maximum Gasteiger partial charge on any atom is 0.248 e. The van der Waals surface area contributed by atoms with Crippen molar-refractivity contribution >= 4 is 11.5 Å². The second-order valence-electron chi connectivity index (χ2n) is 8.34. The van der Waals surface area contributed by atoms with Gasteiger partial charge in [-0.1, -0.05) is 12.1 Å². The average Bonchev–Trinajstić information content (AvgIpc) is 2.56. The highest BCUT2D eigenvalue weighted by molar-refractivity contribution is 5.67. The smallest absolute Gasteiger partial charge is 0.248 e. The van der Waals surface area contributed by atoms with Crippen molar-refractivity contribution < 1.29 is 9.47 Å². The summed E-state index contributed by atoms with van der Waals surface area (Å²) in [6.07, 6.45) is 3.38. The Hall–Kier alpha value is -2.54. The third kappa shape index (κ3) is 4.60. The monoisotopic (exact) mass is 371 g/mol. The first-order valence-electron chi connectivity index (χ1n) is 9.16. The van der Waals surface area contributed by atoms with E-state index in [1.165, 1.54) is 6.33 Å². The number of nitrogens with one attached hydrogen (secondary N) is 2. The fraction of sp³-hybridized carbons (Fsp3) is 0.500. The Morgan fingerprint density at radius 3 is 2.33 bits per heavy atom. The van der Waals surface area contributed by atoms with Gasteiger partial charge in [0.15, 0.2) is 17.3 Å². The number of aromatic nitrogens is 2. The molecule has 3 rings (SSSR count). The maximum absolute atomic E-state index is 6.31. The van der Waals surface area contributed by atoms with Gasteiger partial charge in [-0.25, -0.2) is 4.98 Å². The zero-order chi connectivity index (χ0) is 19.7. The lowest BCUT2D eigenvalue weighted by atomic mass is 9.79. The van der Waals surface area contributed by atoms with Gasteiger partial charge in [-0.05, 0) is 52.7 Å². The summed E-state index contributed by atoms with van der Waals surface area (Å²) < 4.78 is 11.2. The normalized spacial score (nSPS) is 18.7. The molecule has 146 valence electrons. The van der Waals surface area contributed by atoms with E-state index in [1.807, 2.05) is 24.3 Å². The molecule has 27 heavy (non-hydrogen) atoms. The van der Waals surface area contributed by atoms with Crippen LogP contribution in [0.3, 0.4) is 0 Å². The van der Waals surface area contributed by atoms with Gasteiger partial charge in [0.25, 0.3) is 0 Å². The molecule has 7 heteroatoms. The van der Waals surface area contributed by atoms with Crippen LogP contribution in [0.15, 0.2) is 30.6 Å². The van der Waals surface area contributed by atoms with Gasteiger partial charge in [-0.3, -0.25) is 0 Å². The number of nitrogens with two attached hydrogens (primary N) is 1. The van der Waals surface area contributed by atoms with E-state index in [0.717, 1.165) is 12.8 Å². The van der Waals surface area contributed by atoms with Crippen LogP contribution >= 0.6 is 0 Å². The first-order valence-corrected chi connectivity index (χ1v) is 9.16. The van der Waals surface area contributed by atoms with Crippen LogP contribution in [0, 0.1) is 0 Å². The largest absolute Gasteiger partial charge is 0.493 e. The number of ether oxygens (including phenoxy) is 2. The van der Waals surface area contributed by atoms with E-state index in [-0.39, 0.29) is 17.1 Å². The fourth-order valence-corrected chi connectivity index (χ4v) is 4.00. The van der Waals surface area contributed by atoms with Crippen molar-refractivity contribution in [1.82, 2.24) is 15.3 Å². The van der Waals surface area contributed by atoms with E-state index in [9.17, 15) is 0 Å². The molecule has 0 bridgehead atoms. The lowest BCUT2D eigenvalue weighted by Gasteiger charge is -2.46. The minimum absolute atomic E-state index is 0.0257. The quantitative estimate of drug-likeness (QED) is 0.739. The molecule has 1 aromatic heterocycles. The highest BCUT2D eigenvalue weighted by Crippen LogP contribution is 2.36. The van der Waals surface area contributed by atoms with Gasteiger partial charge in [-0.15, -0.1) is 0 Å². The standard InChI is InChI=1S/C20H29N5O2/c1-19(2)10-13(11-20(3,4)25-19)24-17-16(21)18(23-12-22-17)27-15-9-7-6-8-14(15)26-5/h6-9,12-13,25H,10-11,21H2,1-5H3,(H,22,23,24). The van der Waals surface area contributed by atoms with Gasteiger partial charge in [-0.2, -0.15) is 4.98 Å². The third-order valence-corrected chi connectivity index (χ3v) is 4.65. The van der Waals surface area contributed by atoms with Gasteiger partial charge in [0, 0.05) is 17.1 Å². The summed E-state index contributed by atoms with van der Waals surface area (Å²) in [6.45, 7) is 8.84. The molecular formula is C20H29N5O2. The van der Waals surface area contributed by atoms with Crippen molar-refractivity contribution in [2.45, 2.75) is 57.7 Å². The van der Waals surface area contributed by atoms with Crippen LogP contribution in [0.2, 0.25) is 0 Å². The summed E-state index contributed by atoms with van der Waals surface area (Å²) in [5, 5.41) is 7.16. The molecular weight excluding hydrogens is 342 g/mol. The zero-order valence-corrected chi connectivity index (χ0v) is 16.7. The molecule has 0 atom stereocenters. The molecule has 2 heterocycles. The summed E-state index contributed by atoms with van der Waals surface area (Å²) in [7, 11) is 1.60. The summed E-state index contributed by atoms with van der Waals surface area (Å²) in [4.78, 5) is 8.53. The summed E-state index contributed by atoms with van der Waals surface area (Å²) in [5.74, 6) is 2.07. The van der Waals surface area contributed by atoms with Crippen molar-refractivity contribution in [2.75, 3.05) is 18.2 Å². The Balaban J connectivity index is 1.81. The number of para-hydroxylation sites is 2. The number of hydrogen-bond donors (Lipinski definition) is 3. The number of piperidine rings is 1. The molecule has 1 aromatic carbocycles. The molecule has 0 unspecified atom stereocenters. The molecule has 0 radical (unpaired) electrons. The van der Waals surface area contributed by atoms with E-state index < -0.39 is 0 Å².